The average Bonchev–Trinajstić information content (AvgIpc) is 0.964. The van der Waals surface area contributed by atoms with Crippen molar-refractivity contribution in [1.82, 2.24) is 0 Å². The van der Waals surface area contributed by atoms with Crippen molar-refractivity contribution in [2.45, 2.75) is 0 Å². The summed E-state index contributed by atoms with van der Waals surface area (Å²) in [6.07, 6.45) is 0. The summed E-state index contributed by atoms with van der Waals surface area (Å²) in [4.78, 5) is 19.3. The van der Waals surface area contributed by atoms with E-state index in [4.69, 9.17) is 17.7 Å². The van der Waals surface area contributed by atoms with E-state index in [0.717, 1.165) is 235 Å². The molecule has 0 radical (unpaired) electrons. The third-order valence-electron chi connectivity index (χ3n) is 28.7. The van der Waals surface area contributed by atoms with Crippen molar-refractivity contribution in [2.75, 3.05) is 39.2 Å². The van der Waals surface area contributed by atoms with E-state index in [0.29, 0.717) is 0 Å². The molecule has 4 aromatic heterocycles. The van der Waals surface area contributed by atoms with Crippen LogP contribution in [0.1, 0.15) is 0 Å². The van der Waals surface area contributed by atoms with Gasteiger partial charge in [-0.25, -0.2) is 0 Å². The SMILES string of the molecule is c1ccc(N2c3ccccc3N(c3ccc4cc5cc(N6c7ccccc7N(c7ccccc7)c7cc8c(cc76)oc6ccccc68)ccc5cc4c3)c3cc4oc5ccccc5c4cc32)cc1.c1ccc(N2c3ccccc3N(c3ccc4ccc5c(N6c7ccccc7N(c7ccccc7)c7cc8c(cc76)oc6ccccc68)ccc6ccc3c4c65)c3cc4oc5ccccc5c4cc32)cc1. The minimum Gasteiger partial charge on any atom is -0.456 e. The minimum absolute atomic E-state index is 0.854. The highest BCUT2D eigenvalue weighted by molar-refractivity contribution is 6.30. The highest BCUT2D eigenvalue weighted by atomic mass is 16.3. The molecule has 138 heavy (non-hydrogen) atoms. The van der Waals surface area contributed by atoms with Crippen LogP contribution in [0, 0.1) is 0 Å². The monoisotopic (exact) mass is 1760 g/mol. The quantitative estimate of drug-likeness (QED) is 0.107. The molecule has 0 atom stereocenters. The zero-order valence-electron chi connectivity index (χ0n) is 74.1. The van der Waals surface area contributed by atoms with Crippen LogP contribution in [0.3, 0.4) is 0 Å². The molecule has 0 saturated carbocycles. The van der Waals surface area contributed by atoms with Gasteiger partial charge in [0, 0.05) is 112 Å². The summed E-state index contributed by atoms with van der Waals surface area (Å²) in [5.74, 6) is 0. The van der Waals surface area contributed by atoms with E-state index in [2.05, 4.69) is 476 Å². The van der Waals surface area contributed by atoms with Gasteiger partial charge in [-0.15, -0.1) is 0 Å². The number of nitrogens with zero attached hydrogens (tertiary/aromatic N) is 8. The predicted octanol–water partition coefficient (Wildman–Crippen LogP) is 37.2. The number of para-hydroxylation sites is 16. The van der Waals surface area contributed by atoms with Crippen molar-refractivity contribution in [1.29, 1.82) is 0 Å². The Morgan fingerprint density at radius 2 is 0.333 bits per heavy atom. The first-order valence-electron chi connectivity index (χ1n) is 46.9. The summed E-state index contributed by atoms with van der Waals surface area (Å²) in [6, 6.07) is 166. The van der Waals surface area contributed by atoms with Gasteiger partial charge in [0.1, 0.15) is 44.7 Å². The maximum Gasteiger partial charge on any atom is 0.137 e. The predicted molar refractivity (Wildman–Crippen MR) is 572 cm³/mol. The van der Waals surface area contributed by atoms with Gasteiger partial charge in [0.15, 0.2) is 0 Å². The highest BCUT2D eigenvalue weighted by Crippen LogP contribution is 2.64. The molecule has 12 nitrogen and oxygen atoms in total. The Morgan fingerprint density at radius 1 is 0.109 bits per heavy atom. The van der Waals surface area contributed by atoms with E-state index in [1.165, 1.54) is 43.1 Å². The standard InChI is InChI=1S/C64H38N4O2.C62H38N4O2/c1-3-15-41(16-4-1)65-51-21-9-11-23-53(51)67(57-37-61-47(35-55(57)65)43-19-7-13-25-59(43)69-61)49-33-29-39-28-32-46-50(34-30-40-27-31-45(49)63(39)64(40)46)68-54-24-12-10-22-52(54)66(42-17-5-2-6-18-42)56-36-48-44-20-8-14-26-60(44)70-62(48)38-58(56)68;1-3-15-43(16-4-1)63-51-21-9-11-23-53(51)65(57-37-61-49(35-55(57)63)47-19-7-13-25-59(47)67-61)45-29-27-39-32-42-34-46(30-28-40(42)31-41(39)33-45)66-54-24-12-10-22-52(54)64(44-17-5-2-6-18-44)56-36-50-48-20-8-14-26-60(48)68-62(50)38-58(56)66/h1-38H;1-38H. The average molecular weight is 1770 g/mol. The number of anilines is 24. The summed E-state index contributed by atoms with van der Waals surface area (Å²) < 4.78 is 26.4. The van der Waals surface area contributed by atoms with E-state index in [1.54, 1.807) is 0 Å². The van der Waals surface area contributed by atoms with Crippen LogP contribution in [0.4, 0.5) is 136 Å². The number of furan rings is 4. The molecule has 0 N–H and O–H groups in total. The Morgan fingerprint density at radius 3 is 0.623 bits per heavy atom. The van der Waals surface area contributed by atoms with Gasteiger partial charge in [0.05, 0.1) is 102 Å². The maximum absolute atomic E-state index is 6.64. The fourth-order valence-corrected chi connectivity index (χ4v) is 22.7. The molecule has 0 aliphatic carbocycles. The van der Waals surface area contributed by atoms with Crippen molar-refractivity contribution >= 4 is 278 Å². The maximum atomic E-state index is 6.64. The summed E-state index contributed by atoms with van der Waals surface area (Å²) >= 11 is 0. The fraction of sp³-hybridized carbons (Fsp3) is 0. The molecule has 0 bridgehead atoms. The van der Waals surface area contributed by atoms with E-state index in [-0.39, 0.29) is 0 Å². The van der Waals surface area contributed by atoms with Crippen LogP contribution in [0.25, 0.3) is 142 Å². The molecule has 0 fully saturated rings. The van der Waals surface area contributed by atoms with Crippen LogP contribution in [0.5, 0.6) is 0 Å². The van der Waals surface area contributed by atoms with E-state index < -0.39 is 0 Å². The first-order valence-corrected chi connectivity index (χ1v) is 46.9. The largest absolute Gasteiger partial charge is 0.456 e. The fourth-order valence-electron chi connectivity index (χ4n) is 22.7. The van der Waals surface area contributed by atoms with Gasteiger partial charge < -0.3 is 56.9 Å². The Hall–Kier alpha value is -18.8. The van der Waals surface area contributed by atoms with E-state index >= 15 is 0 Å². The van der Waals surface area contributed by atoms with E-state index in [9.17, 15) is 0 Å². The summed E-state index contributed by atoms with van der Waals surface area (Å²) in [6.45, 7) is 0. The molecule has 4 aliphatic rings. The minimum atomic E-state index is 0.854. The molecule has 8 heterocycles. The second-order valence-electron chi connectivity index (χ2n) is 36.2. The third kappa shape index (κ3) is 11.2. The van der Waals surface area contributed by atoms with Crippen LogP contribution in [-0.4, -0.2) is 0 Å². The highest BCUT2D eigenvalue weighted by Gasteiger charge is 2.39. The number of fused-ring (bicyclic) bond motifs is 22. The first-order chi connectivity index (χ1) is 68.4. The topological polar surface area (TPSA) is 78.5 Å². The Labute approximate surface area is 790 Å². The van der Waals surface area contributed by atoms with Gasteiger partial charge in [-0.05, 0) is 237 Å². The van der Waals surface area contributed by atoms with Crippen LogP contribution >= 0.6 is 0 Å². The second kappa shape index (κ2) is 29.4. The van der Waals surface area contributed by atoms with Gasteiger partial charge in [-0.2, -0.15) is 0 Å². The van der Waals surface area contributed by atoms with Crippen LogP contribution < -0.4 is 39.2 Å². The zero-order chi connectivity index (χ0) is 90.1. The number of hydrogen-bond acceptors (Lipinski definition) is 12. The van der Waals surface area contributed by atoms with Gasteiger partial charge in [0.2, 0.25) is 0 Å². The van der Waals surface area contributed by atoms with Crippen molar-refractivity contribution in [3.63, 3.8) is 0 Å². The Balaban J connectivity index is 0.000000130. The number of benzene rings is 23. The normalized spacial score (nSPS) is 13.2. The molecule has 31 rings (SSSR count). The Kier molecular flexibility index (Phi) is 16.1. The summed E-state index contributed by atoms with van der Waals surface area (Å²) in [5.41, 5.74) is 33.0. The van der Waals surface area contributed by atoms with Crippen LogP contribution in [-0.2, 0) is 0 Å². The molecule has 23 aromatic carbocycles. The molecular weight excluding hydrogens is 1690 g/mol. The molecule has 27 aromatic rings. The molecule has 0 unspecified atom stereocenters. The molecule has 4 aliphatic heterocycles. The summed E-state index contributed by atoms with van der Waals surface area (Å²) in [5, 5.41) is 20.6. The first kappa shape index (κ1) is 75.8. The lowest BCUT2D eigenvalue weighted by Crippen LogP contribution is -2.24. The van der Waals surface area contributed by atoms with E-state index in [1.807, 2.05) is 24.3 Å². The van der Waals surface area contributed by atoms with Gasteiger partial charge in [-0.3, -0.25) is 0 Å². The van der Waals surface area contributed by atoms with Crippen molar-refractivity contribution in [2.24, 2.45) is 0 Å². The number of rotatable bonds is 8. The van der Waals surface area contributed by atoms with Gasteiger partial charge in [-0.1, -0.05) is 243 Å². The molecular formula is C126H76N8O4. The molecule has 0 spiro atoms. The molecule has 12 heteroatoms. The lowest BCUT2D eigenvalue weighted by molar-refractivity contribution is 0.668. The summed E-state index contributed by atoms with van der Waals surface area (Å²) in [7, 11) is 0. The molecule has 0 saturated heterocycles. The lowest BCUT2D eigenvalue weighted by atomic mass is 9.91. The second-order valence-corrected chi connectivity index (χ2v) is 36.2. The van der Waals surface area contributed by atoms with Crippen molar-refractivity contribution < 1.29 is 17.7 Å². The molecule has 644 valence electrons. The lowest BCUT2D eigenvalue weighted by Gasteiger charge is -2.41. The van der Waals surface area contributed by atoms with Crippen LogP contribution in [0.2, 0.25) is 0 Å². The molecule has 0 amide bonds. The number of hydrogen-bond donors (Lipinski definition) is 0. The van der Waals surface area contributed by atoms with Gasteiger partial charge in [0.25, 0.3) is 0 Å². The van der Waals surface area contributed by atoms with Crippen molar-refractivity contribution in [3.05, 3.63) is 461 Å². The van der Waals surface area contributed by atoms with Gasteiger partial charge >= 0.3 is 0 Å². The third-order valence-corrected chi connectivity index (χ3v) is 28.7. The van der Waals surface area contributed by atoms with Crippen molar-refractivity contribution in [3.8, 4) is 0 Å². The zero-order valence-corrected chi connectivity index (χ0v) is 74.1. The smallest absolute Gasteiger partial charge is 0.137 e. The Bertz CT molecular complexity index is 9220. The van der Waals surface area contributed by atoms with Crippen LogP contribution in [0.15, 0.2) is 479 Å².